The highest BCUT2D eigenvalue weighted by atomic mass is 16.5. The predicted octanol–water partition coefficient (Wildman–Crippen LogP) is 1.32. The molecule has 2 fully saturated rings. The molecule has 2 amide bonds. The summed E-state index contributed by atoms with van der Waals surface area (Å²) >= 11 is 0. The topological polar surface area (TPSA) is 58.6 Å². The van der Waals surface area contributed by atoms with Crippen LogP contribution in [0.2, 0.25) is 0 Å². The SMILES string of the molecule is CCC(CC)N1C(=O)CC(NC(C)C2CCOC2)C1=O. The van der Waals surface area contributed by atoms with Crippen molar-refractivity contribution in [1.29, 1.82) is 0 Å². The Balaban J connectivity index is 1.96. The molecule has 5 heteroatoms. The molecule has 2 heterocycles. The van der Waals surface area contributed by atoms with Gasteiger partial charge in [-0.2, -0.15) is 0 Å². The molecule has 1 N–H and O–H groups in total. The van der Waals surface area contributed by atoms with Gasteiger partial charge in [0.2, 0.25) is 11.8 Å². The molecule has 114 valence electrons. The first-order valence-electron chi connectivity index (χ1n) is 7.78. The number of hydrogen-bond acceptors (Lipinski definition) is 4. The van der Waals surface area contributed by atoms with Gasteiger partial charge in [-0.3, -0.25) is 14.5 Å². The molecule has 2 aliphatic heterocycles. The van der Waals surface area contributed by atoms with E-state index in [-0.39, 0.29) is 29.9 Å². The number of nitrogens with one attached hydrogen (secondary N) is 1. The minimum atomic E-state index is -0.348. The van der Waals surface area contributed by atoms with Crippen molar-refractivity contribution in [2.75, 3.05) is 13.2 Å². The average Bonchev–Trinajstić information content (AvgIpc) is 3.04. The first-order chi connectivity index (χ1) is 9.58. The first kappa shape index (κ1) is 15.4. The zero-order chi connectivity index (χ0) is 14.7. The number of carbonyl (C=O) groups is 2. The number of likely N-dealkylation sites (tertiary alicyclic amines) is 1. The van der Waals surface area contributed by atoms with E-state index in [1.54, 1.807) is 0 Å². The summed E-state index contributed by atoms with van der Waals surface area (Å²) < 4.78 is 5.38. The molecule has 0 saturated carbocycles. The van der Waals surface area contributed by atoms with E-state index >= 15 is 0 Å². The number of nitrogens with zero attached hydrogens (tertiary/aromatic N) is 1. The van der Waals surface area contributed by atoms with Gasteiger partial charge < -0.3 is 10.1 Å². The lowest BCUT2D eigenvalue weighted by Crippen LogP contribution is -2.47. The lowest BCUT2D eigenvalue weighted by atomic mass is 9.99. The third-order valence-electron chi connectivity index (χ3n) is 4.63. The summed E-state index contributed by atoms with van der Waals surface area (Å²) in [5, 5.41) is 3.34. The molecular weight excluding hydrogens is 256 g/mol. The minimum Gasteiger partial charge on any atom is -0.381 e. The van der Waals surface area contributed by atoms with Crippen LogP contribution in [0.1, 0.15) is 46.5 Å². The summed E-state index contributed by atoms with van der Waals surface area (Å²) in [4.78, 5) is 26.0. The van der Waals surface area contributed by atoms with Crippen molar-refractivity contribution in [3.8, 4) is 0 Å². The number of ether oxygens (including phenoxy) is 1. The molecule has 0 aromatic heterocycles. The number of hydrogen-bond donors (Lipinski definition) is 1. The molecule has 0 aliphatic carbocycles. The first-order valence-corrected chi connectivity index (χ1v) is 7.78. The van der Waals surface area contributed by atoms with Crippen molar-refractivity contribution >= 4 is 11.8 Å². The van der Waals surface area contributed by atoms with E-state index in [0.29, 0.717) is 12.3 Å². The Bertz CT molecular complexity index is 362. The smallest absolute Gasteiger partial charge is 0.247 e. The summed E-state index contributed by atoms with van der Waals surface area (Å²) in [5.41, 5.74) is 0. The average molecular weight is 282 g/mol. The Morgan fingerprint density at radius 1 is 1.35 bits per heavy atom. The summed E-state index contributed by atoms with van der Waals surface area (Å²) in [6.45, 7) is 7.67. The van der Waals surface area contributed by atoms with Crippen LogP contribution in [-0.2, 0) is 14.3 Å². The van der Waals surface area contributed by atoms with Crippen LogP contribution in [0.3, 0.4) is 0 Å². The van der Waals surface area contributed by atoms with Gasteiger partial charge in [0.1, 0.15) is 0 Å². The highest BCUT2D eigenvalue weighted by Gasteiger charge is 2.42. The molecule has 0 spiro atoms. The van der Waals surface area contributed by atoms with E-state index in [4.69, 9.17) is 4.74 Å². The Morgan fingerprint density at radius 3 is 2.60 bits per heavy atom. The van der Waals surface area contributed by atoms with Gasteiger partial charge in [0.15, 0.2) is 0 Å². The van der Waals surface area contributed by atoms with Crippen LogP contribution in [0.4, 0.5) is 0 Å². The molecule has 20 heavy (non-hydrogen) atoms. The fraction of sp³-hybridized carbons (Fsp3) is 0.867. The molecule has 0 bridgehead atoms. The van der Waals surface area contributed by atoms with Crippen LogP contribution < -0.4 is 5.32 Å². The third-order valence-corrected chi connectivity index (χ3v) is 4.63. The van der Waals surface area contributed by atoms with Crippen molar-refractivity contribution in [3.05, 3.63) is 0 Å². The Kier molecular flexibility index (Phi) is 5.16. The van der Waals surface area contributed by atoms with Gasteiger partial charge in [-0.15, -0.1) is 0 Å². The molecule has 0 aromatic rings. The molecule has 2 saturated heterocycles. The maximum Gasteiger partial charge on any atom is 0.247 e. The second kappa shape index (κ2) is 6.68. The van der Waals surface area contributed by atoms with Gasteiger partial charge in [-0.25, -0.2) is 0 Å². The number of carbonyl (C=O) groups excluding carboxylic acids is 2. The summed E-state index contributed by atoms with van der Waals surface area (Å²) in [6.07, 6.45) is 2.98. The Labute approximate surface area is 121 Å². The number of amides is 2. The molecular formula is C15H26N2O3. The Morgan fingerprint density at radius 2 is 2.05 bits per heavy atom. The van der Waals surface area contributed by atoms with E-state index in [9.17, 15) is 9.59 Å². The third kappa shape index (κ3) is 3.04. The highest BCUT2D eigenvalue weighted by molar-refractivity contribution is 6.05. The second-order valence-electron chi connectivity index (χ2n) is 5.91. The molecule has 2 rings (SSSR count). The molecule has 5 nitrogen and oxygen atoms in total. The van der Waals surface area contributed by atoms with Crippen LogP contribution in [-0.4, -0.2) is 48.1 Å². The minimum absolute atomic E-state index is 0.0314. The van der Waals surface area contributed by atoms with E-state index in [2.05, 4.69) is 12.2 Å². The van der Waals surface area contributed by atoms with Crippen LogP contribution in [0.5, 0.6) is 0 Å². The monoisotopic (exact) mass is 282 g/mol. The molecule has 0 radical (unpaired) electrons. The molecule has 3 unspecified atom stereocenters. The van der Waals surface area contributed by atoms with Crippen LogP contribution >= 0.6 is 0 Å². The van der Waals surface area contributed by atoms with Crippen LogP contribution in [0.15, 0.2) is 0 Å². The van der Waals surface area contributed by atoms with Gasteiger partial charge in [-0.05, 0) is 32.1 Å². The van der Waals surface area contributed by atoms with Crippen molar-refractivity contribution in [1.82, 2.24) is 10.2 Å². The van der Waals surface area contributed by atoms with Crippen molar-refractivity contribution < 1.29 is 14.3 Å². The van der Waals surface area contributed by atoms with Gasteiger partial charge in [0.05, 0.1) is 19.1 Å². The van der Waals surface area contributed by atoms with Crippen LogP contribution in [0.25, 0.3) is 0 Å². The number of imide groups is 1. The largest absolute Gasteiger partial charge is 0.381 e. The second-order valence-corrected chi connectivity index (χ2v) is 5.91. The van der Waals surface area contributed by atoms with Crippen molar-refractivity contribution in [3.63, 3.8) is 0 Å². The summed E-state index contributed by atoms with van der Waals surface area (Å²) in [5.74, 6) is 0.366. The quantitative estimate of drug-likeness (QED) is 0.746. The van der Waals surface area contributed by atoms with E-state index in [1.807, 2.05) is 13.8 Å². The lowest BCUT2D eigenvalue weighted by Gasteiger charge is -2.26. The Hall–Kier alpha value is -0.940. The lowest BCUT2D eigenvalue weighted by molar-refractivity contribution is -0.141. The molecule has 0 aromatic carbocycles. The zero-order valence-corrected chi connectivity index (χ0v) is 12.7. The van der Waals surface area contributed by atoms with Gasteiger partial charge >= 0.3 is 0 Å². The molecule has 3 atom stereocenters. The van der Waals surface area contributed by atoms with E-state index < -0.39 is 0 Å². The van der Waals surface area contributed by atoms with E-state index in [0.717, 1.165) is 32.5 Å². The van der Waals surface area contributed by atoms with Crippen LogP contribution in [0, 0.1) is 5.92 Å². The van der Waals surface area contributed by atoms with Gasteiger partial charge in [0.25, 0.3) is 0 Å². The number of rotatable bonds is 6. The van der Waals surface area contributed by atoms with Crippen molar-refractivity contribution in [2.24, 2.45) is 5.92 Å². The van der Waals surface area contributed by atoms with Crippen molar-refractivity contribution in [2.45, 2.75) is 64.6 Å². The van der Waals surface area contributed by atoms with Gasteiger partial charge in [-0.1, -0.05) is 13.8 Å². The summed E-state index contributed by atoms with van der Waals surface area (Å²) in [7, 11) is 0. The maximum absolute atomic E-state index is 12.4. The standard InChI is InChI=1S/C15H26N2O3/c1-4-12(5-2)17-14(18)8-13(15(17)19)16-10(3)11-6-7-20-9-11/h10-13,16H,4-9H2,1-3H3. The normalized spacial score (nSPS) is 28.7. The van der Waals surface area contributed by atoms with Gasteiger partial charge in [0, 0.05) is 18.7 Å². The maximum atomic E-state index is 12.4. The predicted molar refractivity (Wildman–Crippen MR) is 76.2 cm³/mol. The van der Waals surface area contributed by atoms with E-state index in [1.165, 1.54) is 4.90 Å². The molecule has 2 aliphatic rings. The summed E-state index contributed by atoms with van der Waals surface area (Å²) in [6, 6.07) is -0.0912. The fourth-order valence-corrected chi connectivity index (χ4v) is 3.22. The zero-order valence-electron chi connectivity index (χ0n) is 12.7. The fourth-order valence-electron chi connectivity index (χ4n) is 3.22. The highest BCUT2D eigenvalue weighted by Crippen LogP contribution is 2.23.